The Morgan fingerprint density at radius 2 is 1.86 bits per heavy atom. The molecule has 0 atom stereocenters. The number of aromatic nitrogens is 1. The maximum atomic E-state index is 13.2. The van der Waals surface area contributed by atoms with Crippen molar-refractivity contribution in [3.8, 4) is 0 Å². The van der Waals surface area contributed by atoms with Crippen LogP contribution in [0, 0.1) is 0 Å². The summed E-state index contributed by atoms with van der Waals surface area (Å²) in [7, 11) is -3.47. The van der Waals surface area contributed by atoms with Gasteiger partial charge >= 0.3 is 6.03 Å². The van der Waals surface area contributed by atoms with E-state index in [0.29, 0.717) is 25.3 Å². The third kappa shape index (κ3) is 10.7. The second-order valence-electron chi connectivity index (χ2n) is 9.54. The van der Waals surface area contributed by atoms with Crippen molar-refractivity contribution >= 4 is 21.7 Å². The average molecular weight is 526 g/mol. The van der Waals surface area contributed by atoms with E-state index in [1.54, 1.807) is 24.5 Å². The highest BCUT2D eigenvalue weighted by atomic mass is 32.2. The maximum Gasteiger partial charge on any atom is 0.319 e. The smallest absolute Gasteiger partial charge is 0.319 e. The number of nitrogens with one attached hydrogen (secondary N) is 2. The highest BCUT2D eigenvalue weighted by molar-refractivity contribution is 7.88. The van der Waals surface area contributed by atoms with Crippen LogP contribution in [0.25, 0.3) is 0 Å². The van der Waals surface area contributed by atoms with Crippen LogP contribution < -0.4 is 10.6 Å². The average Bonchev–Trinajstić information content (AvgIpc) is 2.89. The molecule has 2 amide bonds. The molecule has 11 heteroatoms. The summed E-state index contributed by atoms with van der Waals surface area (Å²) >= 11 is 0. The molecular formula is C25H43N5O5S. The first-order valence-corrected chi connectivity index (χ1v) is 15.1. The van der Waals surface area contributed by atoms with Gasteiger partial charge in [0.05, 0.1) is 43.5 Å². The largest absolute Gasteiger partial charge is 0.379 e. The van der Waals surface area contributed by atoms with Gasteiger partial charge in [0, 0.05) is 32.4 Å². The van der Waals surface area contributed by atoms with Crippen LogP contribution in [0.3, 0.4) is 0 Å². The molecule has 36 heavy (non-hydrogen) atoms. The van der Waals surface area contributed by atoms with E-state index in [1.165, 1.54) is 4.47 Å². The van der Waals surface area contributed by atoms with Gasteiger partial charge in [0.2, 0.25) is 10.0 Å². The van der Waals surface area contributed by atoms with Crippen molar-refractivity contribution < 1.29 is 22.8 Å². The Kier molecular flexibility index (Phi) is 12.9. The zero-order valence-corrected chi connectivity index (χ0v) is 22.2. The van der Waals surface area contributed by atoms with E-state index in [0.717, 1.165) is 90.6 Å². The normalized spacial score (nSPS) is 17.8. The fraction of sp³-hybridized carbons (Fsp3) is 0.760. The molecule has 1 aromatic rings. The Morgan fingerprint density at radius 3 is 2.61 bits per heavy atom. The van der Waals surface area contributed by atoms with E-state index in [1.807, 2.05) is 0 Å². The maximum absolute atomic E-state index is 13.2. The molecule has 204 valence electrons. The van der Waals surface area contributed by atoms with Crippen LogP contribution in [-0.2, 0) is 19.6 Å². The predicted octanol–water partition coefficient (Wildman–Crippen LogP) is 3.38. The number of nitrogens with zero attached hydrogens (tertiary/aromatic N) is 3. The second-order valence-corrected chi connectivity index (χ2v) is 11.5. The van der Waals surface area contributed by atoms with Crippen molar-refractivity contribution in [3.63, 3.8) is 0 Å². The number of hydroxylamine groups is 1. The fourth-order valence-corrected chi connectivity index (χ4v) is 6.28. The Hall–Kier alpha value is -1.79. The number of hydrogen-bond donors (Lipinski definition) is 2. The fourth-order valence-electron chi connectivity index (χ4n) is 4.63. The van der Waals surface area contributed by atoms with Gasteiger partial charge < -0.3 is 15.4 Å². The minimum Gasteiger partial charge on any atom is -0.379 e. The minimum atomic E-state index is -3.47. The summed E-state index contributed by atoms with van der Waals surface area (Å²) in [4.78, 5) is 24.0. The number of rotatable bonds is 15. The molecular weight excluding hydrogens is 482 g/mol. The van der Waals surface area contributed by atoms with Gasteiger partial charge in [0.15, 0.2) is 0 Å². The molecule has 0 unspecified atom stereocenters. The highest BCUT2D eigenvalue weighted by Crippen LogP contribution is 2.26. The zero-order valence-electron chi connectivity index (χ0n) is 21.4. The Morgan fingerprint density at radius 1 is 1.11 bits per heavy atom. The van der Waals surface area contributed by atoms with Gasteiger partial charge in [0.1, 0.15) is 0 Å². The van der Waals surface area contributed by atoms with Crippen LogP contribution >= 0.6 is 0 Å². The summed E-state index contributed by atoms with van der Waals surface area (Å²) in [5.74, 6) is 0.118. The van der Waals surface area contributed by atoms with Crippen molar-refractivity contribution in [3.05, 3.63) is 24.5 Å². The minimum absolute atomic E-state index is 0.0441. The number of unbranched alkanes of at least 4 members (excludes halogenated alkanes) is 4. The van der Waals surface area contributed by atoms with Crippen LogP contribution in [0.2, 0.25) is 0 Å². The van der Waals surface area contributed by atoms with Crippen LogP contribution in [-0.4, -0.2) is 86.6 Å². The molecule has 1 saturated heterocycles. The number of carbonyl (C=O) groups excluding carboxylic acids is 1. The molecule has 2 N–H and O–H groups in total. The van der Waals surface area contributed by atoms with Gasteiger partial charge in [-0.3, -0.25) is 14.7 Å². The molecule has 0 radical (unpaired) electrons. The third-order valence-corrected chi connectivity index (χ3v) is 8.42. The number of pyridine rings is 1. The van der Waals surface area contributed by atoms with Crippen molar-refractivity contribution in [1.82, 2.24) is 19.7 Å². The Labute approximate surface area is 216 Å². The summed E-state index contributed by atoms with van der Waals surface area (Å²) in [5, 5.41) is 5.57. The third-order valence-electron chi connectivity index (χ3n) is 6.66. The zero-order chi connectivity index (χ0) is 25.5. The molecule has 1 aliphatic heterocycles. The standard InChI is InChI=1S/C25H43N5O5S/c31-25(28-23-10-9-13-26-22-23)27-14-7-2-1-3-8-21-36(32,33)30(24-11-5-4-6-12-24)35-20-17-29-15-18-34-19-16-29/h9-10,13,22,24H,1-8,11-12,14-21H2,(H2,27,28,31). The predicted molar refractivity (Wildman–Crippen MR) is 140 cm³/mol. The van der Waals surface area contributed by atoms with E-state index < -0.39 is 10.0 Å². The molecule has 0 bridgehead atoms. The second kappa shape index (κ2) is 16.1. The van der Waals surface area contributed by atoms with Crippen LogP contribution in [0.4, 0.5) is 10.5 Å². The van der Waals surface area contributed by atoms with Gasteiger partial charge in [-0.1, -0.05) is 43.0 Å². The lowest BCUT2D eigenvalue weighted by Crippen LogP contribution is -2.45. The van der Waals surface area contributed by atoms with Crippen molar-refractivity contribution in [2.45, 2.75) is 70.3 Å². The molecule has 1 aliphatic carbocycles. The molecule has 0 spiro atoms. The van der Waals surface area contributed by atoms with Gasteiger partial charge in [-0.2, -0.15) is 0 Å². The van der Waals surface area contributed by atoms with E-state index in [-0.39, 0.29) is 17.8 Å². The number of hydrogen-bond acceptors (Lipinski definition) is 7. The molecule has 1 aromatic heterocycles. The first-order chi connectivity index (χ1) is 17.5. The quantitative estimate of drug-likeness (QED) is 0.267. The lowest BCUT2D eigenvalue weighted by atomic mass is 9.96. The first-order valence-electron chi connectivity index (χ1n) is 13.4. The number of morpholine rings is 1. The number of carbonyl (C=O) groups is 1. The van der Waals surface area contributed by atoms with E-state index >= 15 is 0 Å². The van der Waals surface area contributed by atoms with Crippen LogP contribution in [0.1, 0.15) is 64.2 Å². The van der Waals surface area contributed by atoms with Crippen molar-refractivity contribution in [2.24, 2.45) is 0 Å². The topological polar surface area (TPSA) is 113 Å². The van der Waals surface area contributed by atoms with Crippen LogP contribution in [0.15, 0.2) is 24.5 Å². The van der Waals surface area contributed by atoms with E-state index in [2.05, 4.69) is 20.5 Å². The molecule has 2 fully saturated rings. The number of ether oxygens (including phenoxy) is 1. The molecule has 2 heterocycles. The highest BCUT2D eigenvalue weighted by Gasteiger charge is 2.32. The SMILES string of the molecule is O=C(NCCCCCCCS(=O)(=O)N(OCCN1CCOCC1)C1CCCCC1)Nc1cccnc1. The Balaban J connectivity index is 1.31. The monoisotopic (exact) mass is 525 g/mol. The van der Waals surface area contributed by atoms with Crippen LogP contribution in [0.5, 0.6) is 0 Å². The molecule has 1 saturated carbocycles. The molecule has 0 aromatic carbocycles. The molecule has 10 nitrogen and oxygen atoms in total. The van der Waals surface area contributed by atoms with Crippen molar-refractivity contribution in [1.29, 1.82) is 0 Å². The number of amides is 2. The van der Waals surface area contributed by atoms with Gasteiger partial charge in [0.25, 0.3) is 0 Å². The van der Waals surface area contributed by atoms with Gasteiger partial charge in [-0.05, 0) is 37.8 Å². The summed E-state index contributed by atoms with van der Waals surface area (Å²) in [6.45, 7) is 4.86. The first kappa shape index (κ1) is 28.8. The van der Waals surface area contributed by atoms with E-state index in [9.17, 15) is 13.2 Å². The number of urea groups is 1. The number of sulfonamides is 1. The van der Waals surface area contributed by atoms with Gasteiger partial charge in [-0.15, -0.1) is 0 Å². The number of anilines is 1. The summed E-state index contributed by atoms with van der Waals surface area (Å²) in [5.41, 5.74) is 0.656. The molecule has 2 aliphatic rings. The summed E-state index contributed by atoms with van der Waals surface area (Å²) in [6, 6.07) is 3.26. The Bertz CT molecular complexity index is 846. The summed E-state index contributed by atoms with van der Waals surface area (Å²) < 4.78 is 33.1. The lowest BCUT2D eigenvalue weighted by molar-refractivity contribution is -0.126. The molecule has 3 rings (SSSR count). The van der Waals surface area contributed by atoms with Crippen molar-refractivity contribution in [2.75, 3.05) is 57.1 Å². The van der Waals surface area contributed by atoms with E-state index in [4.69, 9.17) is 9.57 Å². The summed E-state index contributed by atoms with van der Waals surface area (Å²) in [6.07, 6.45) is 12.5. The lowest BCUT2D eigenvalue weighted by Gasteiger charge is -2.33. The van der Waals surface area contributed by atoms with Gasteiger partial charge in [-0.25, -0.2) is 13.2 Å².